The summed E-state index contributed by atoms with van der Waals surface area (Å²) < 4.78 is 28.5. The van der Waals surface area contributed by atoms with Crippen molar-refractivity contribution in [1.82, 2.24) is 4.90 Å². The molecule has 36 heavy (non-hydrogen) atoms. The van der Waals surface area contributed by atoms with Gasteiger partial charge in [-0.05, 0) is 48.4 Å². The lowest BCUT2D eigenvalue weighted by Gasteiger charge is -2.29. The third-order valence-corrected chi connectivity index (χ3v) is 6.73. The summed E-state index contributed by atoms with van der Waals surface area (Å²) in [6, 6.07) is 15.0. The molecule has 0 amide bonds. The van der Waals surface area contributed by atoms with Crippen molar-refractivity contribution >= 4 is 23.5 Å². The molecule has 0 spiro atoms. The van der Waals surface area contributed by atoms with E-state index >= 15 is 0 Å². The Hall–Kier alpha value is -3.68. The van der Waals surface area contributed by atoms with Gasteiger partial charge in [0.2, 0.25) is 11.5 Å². The predicted molar refractivity (Wildman–Crippen MR) is 137 cm³/mol. The normalized spacial score (nSPS) is 15.7. The van der Waals surface area contributed by atoms with Crippen LogP contribution in [0.5, 0.6) is 28.7 Å². The monoisotopic (exact) mass is 507 g/mol. The lowest BCUT2D eigenvalue weighted by molar-refractivity contribution is 0.0950. The Morgan fingerprint density at radius 1 is 1.00 bits per heavy atom. The largest absolute Gasteiger partial charge is 0.493 e. The Kier molecular flexibility index (Phi) is 6.76. The molecule has 2 heterocycles. The Morgan fingerprint density at radius 3 is 2.56 bits per heavy atom. The van der Waals surface area contributed by atoms with Crippen molar-refractivity contribution in [3.05, 3.63) is 81.6 Å². The van der Waals surface area contributed by atoms with Crippen LogP contribution in [0.2, 0.25) is 5.02 Å². The zero-order chi connectivity index (χ0) is 25.2. The van der Waals surface area contributed by atoms with E-state index in [1.165, 1.54) is 14.2 Å². The summed E-state index contributed by atoms with van der Waals surface area (Å²) in [5.74, 6) is 2.69. The maximum absolute atomic E-state index is 13.2. The van der Waals surface area contributed by atoms with E-state index in [0.717, 1.165) is 34.9 Å². The number of ether oxygens (including phenoxy) is 5. The molecule has 0 N–H and O–H groups in total. The van der Waals surface area contributed by atoms with Crippen LogP contribution in [0, 0.1) is 0 Å². The SMILES string of the molecule is COc1ccc(/C=C2\Oc3c(ccc4c3CN(CCc3ccccc3Cl)CO4)C2=O)c(OC)c1OC. The maximum Gasteiger partial charge on any atom is 0.231 e. The van der Waals surface area contributed by atoms with Crippen LogP contribution in [0.4, 0.5) is 0 Å². The van der Waals surface area contributed by atoms with Gasteiger partial charge in [-0.1, -0.05) is 29.8 Å². The van der Waals surface area contributed by atoms with Gasteiger partial charge in [-0.2, -0.15) is 0 Å². The molecule has 186 valence electrons. The number of benzene rings is 3. The number of hydrogen-bond acceptors (Lipinski definition) is 7. The molecule has 0 saturated heterocycles. The van der Waals surface area contributed by atoms with E-state index in [0.29, 0.717) is 47.4 Å². The number of carbonyl (C=O) groups is 1. The first-order valence-electron chi connectivity index (χ1n) is 11.5. The van der Waals surface area contributed by atoms with E-state index in [1.807, 2.05) is 30.3 Å². The number of rotatable bonds is 7. The van der Waals surface area contributed by atoms with Crippen LogP contribution in [-0.2, 0) is 13.0 Å². The van der Waals surface area contributed by atoms with Gasteiger partial charge >= 0.3 is 0 Å². The second-order valence-corrected chi connectivity index (χ2v) is 8.86. The van der Waals surface area contributed by atoms with Crippen LogP contribution in [0.1, 0.15) is 27.0 Å². The number of halogens is 1. The average molecular weight is 508 g/mol. The molecule has 0 radical (unpaired) electrons. The number of Topliss-reactive ketones (excluding diaryl/α,β-unsaturated/α-hetero) is 1. The van der Waals surface area contributed by atoms with Gasteiger partial charge in [0, 0.05) is 23.7 Å². The van der Waals surface area contributed by atoms with Crippen LogP contribution in [0.3, 0.4) is 0 Å². The summed E-state index contributed by atoms with van der Waals surface area (Å²) in [6.45, 7) is 1.81. The Balaban J connectivity index is 1.41. The number of fused-ring (bicyclic) bond motifs is 3. The molecule has 0 saturated carbocycles. The quantitative estimate of drug-likeness (QED) is 0.398. The second kappa shape index (κ2) is 10.1. The standard InChI is InChI=1S/C28H26ClNO6/c1-32-23-10-8-18(26(33-2)28(23)34-3)14-24-25(31)19-9-11-22-20(27(19)36-24)15-30(16-35-22)13-12-17-6-4-5-7-21(17)29/h4-11,14H,12-13,15-16H2,1-3H3/b24-14-. The van der Waals surface area contributed by atoms with E-state index in [-0.39, 0.29) is 11.5 Å². The van der Waals surface area contributed by atoms with Crippen molar-refractivity contribution in [3.63, 3.8) is 0 Å². The molecule has 0 unspecified atom stereocenters. The van der Waals surface area contributed by atoms with Crippen molar-refractivity contribution < 1.29 is 28.5 Å². The molecule has 7 nitrogen and oxygen atoms in total. The van der Waals surface area contributed by atoms with Gasteiger partial charge in [-0.3, -0.25) is 9.69 Å². The summed E-state index contributed by atoms with van der Waals surface area (Å²) in [5, 5.41) is 0.756. The van der Waals surface area contributed by atoms with Gasteiger partial charge in [0.15, 0.2) is 17.3 Å². The molecular formula is C28H26ClNO6. The minimum Gasteiger partial charge on any atom is -0.493 e. The summed E-state index contributed by atoms with van der Waals surface area (Å²) in [5.41, 5.74) is 3.09. The molecule has 2 aliphatic heterocycles. The number of methoxy groups -OCH3 is 3. The lowest BCUT2D eigenvalue weighted by Crippen LogP contribution is -2.33. The average Bonchev–Trinajstić information content (AvgIpc) is 3.23. The first-order valence-corrected chi connectivity index (χ1v) is 11.9. The van der Waals surface area contributed by atoms with E-state index in [9.17, 15) is 4.79 Å². The maximum atomic E-state index is 13.2. The van der Waals surface area contributed by atoms with Crippen molar-refractivity contribution in [2.45, 2.75) is 13.0 Å². The molecule has 0 aromatic heterocycles. The lowest BCUT2D eigenvalue weighted by atomic mass is 10.0. The summed E-state index contributed by atoms with van der Waals surface area (Å²) in [7, 11) is 4.63. The number of hydrogen-bond donors (Lipinski definition) is 0. The molecule has 5 rings (SSSR count). The number of nitrogens with zero attached hydrogens (tertiary/aromatic N) is 1. The molecule has 3 aromatic rings. The smallest absolute Gasteiger partial charge is 0.231 e. The molecule has 0 atom stereocenters. The third-order valence-electron chi connectivity index (χ3n) is 6.36. The molecule has 8 heteroatoms. The van der Waals surface area contributed by atoms with E-state index < -0.39 is 0 Å². The minimum absolute atomic E-state index is 0.196. The van der Waals surface area contributed by atoms with E-state index in [1.54, 1.807) is 31.4 Å². The highest BCUT2D eigenvalue weighted by molar-refractivity contribution is 6.31. The second-order valence-electron chi connectivity index (χ2n) is 8.45. The molecule has 2 aliphatic rings. The van der Waals surface area contributed by atoms with Gasteiger partial charge in [-0.25, -0.2) is 0 Å². The first kappa shape index (κ1) is 24.0. The number of allylic oxidation sites excluding steroid dienone is 1. The van der Waals surface area contributed by atoms with Gasteiger partial charge in [-0.15, -0.1) is 0 Å². The van der Waals surface area contributed by atoms with E-state index in [4.69, 9.17) is 35.3 Å². The van der Waals surface area contributed by atoms with Gasteiger partial charge in [0.1, 0.15) is 18.2 Å². The fourth-order valence-corrected chi connectivity index (χ4v) is 4.74. The number of ketones is 1. The van der Waals surface area contributed by atoms with Gasteiger partial charge in [0.25, 0.3) is 0 Å². The zero-order valence-electron chi connectivity index (χ0n) is 20.3. The highest BCUT2D eigenvalue weighted by Gasteiger charge is 2.34. The fraction of sp³-hybridized carbons (Fsp3) is 0.250. The van der Waals surface area contributed by atoms with Crippen LogP contribution >= 0.6 is 11.6 Å². The van der Waals surface area contributed by atoms with Crippen LogP contribution in [0.25, 0.3) is 6.08 Å². The Bertz CT molecular complexity index is 1350. The van der Waals surface area contributed by atoms with E-state index in [2.05, 4.69) is 4.90 Å². The summed E-state index contributed by atoms with van der Waals surface area (Å²) >= 11 is 6.32. The van der Waals surface area contributed by atoms with Gasteiger partial charge in [0.05, 0.1) is 32.5 Å². The summed E-state index contributed by atoms with van der Waals surface area (Å²) in [4.78, 5) is 15.4. The molecular weight excluding hydrogens is 482 g/mol. The zero-order valence-corrected chi connectivity index (χ0v) is 21.1. The van der Waals surface area contributed by atoms with Crippen molar-refractivity contribution in [1.29, 1.82) is 0 Å². The predicted octanol–water partition coefficient (Wildman–Crippen LogP) is 5.38. The van der Waals surface area contributed by atoms with Crippen LogP contribution in [-0.4, -0.2) is 45.3 Å². The fourth-order valence-electron chi connectivity index (χ4n) is 4.51. The third kappa shape index (κ3) is 4.36. The van der Waals surface area contributed by atoms with Crippen LogP contribution < -0.4 is 23.7 Å². The highest BCUT2D eigenvalue weighted by atomic mass is 35.5. The molecule has 0 aliphatic carbocycles. The Morgan fingerprint density at radius 2 is 1.81 bits per heavy atom. The van der Waals surface area contributed by atoms with Crippen molar-refractivity contribution in [2.75, 3.05) is 34.6 Å². The minimum atomic E-state index is -0.196. The number of carbonyl (C=O) groups excluding carboxylic acids is 1. The van der Waals surface area contributed by atoms with Crippen molar-refractivity contribution in [3.8, 4) is 28.7 Å². The molecule has 0 fully saturated rings. The van der Waals surface area contributed by atoms with Crippen molar-refractivity contribution in [2.24, 2.45) is 0 Å². The topological polar surface area (TPSA) is 66.5 Å². The summed E-state index contributed by atoms with van der Waals surface area (Å²) in [6.07, 6.45) is 2.45. The van der Waals surface area contributed by atoms with Gasteiger partial charge < -0.3 is 23.7 Å². The highest BCUT2D eigenvalue weighted by Crippen LogP contribution is 2.44. The van der Waals surface area contributed by atoms with Crippen LogP contribution in [0.15, 0.2) is 54.3 Å². The molecule has 3 aromatic carbocycles. The molecule has 0 bridgehead atoms. The first-order chi connectivity index (χ1) is 17.5. The Labute approximate surface area is 214 Å².